The highest BCUT2D eigenvalue weighted by Crippen LogP contribution is 2.17. The quantitative estimate of drug-likeness (QED) is 0.581. The Hall–Kier alpha value is -0.730. The van der Waals surface area contributed by atoms with E-state index in [1.807, 2.05) is 0 Å². The van der Waals surface area contributed by atoms with Crippen molar-refractivity contribution in [1.29, 1.82) is 0 Å². The van der Waals surface area contributed by atoms with Crippen molar-refractivity contribution in [3.63, 3.8) is 0 Å². The maximum Gasteiger partial charge on any atom is 0.507 e. The molecule has 11 heavy (non-hydrogen) atoms. The Morgan fingerprint density at radius 3 is 2.27 bits per heavy atom. The summed E-state index contributed by atoms with van der Waals surface area (Å²) in [6.45, 7) is 6.70. The molecule has 0 saturated heterocycles. The molecule has 0 aromatic heterocycles. The monoisotopic (exact) mass is 160 g/mol. The van der Waals surface area contributed by atoms with Crippen LogP contribution in [0.5, 0.6) is 0 Å². The van der Waals surface area contributed by atoms with Gasteiger partial charge in [0.15, 0.2) is 0 Å². The molecule has 0 aromatic rings. The van der Waals surface area contributed by atoms with Gasteiger partial charge < -0.3 is 9.47 Å². The minimum Gasteiger partial charge on any atom is -0.438 e. The van der Waals surface area contributed by atoms with Gasteiger partial charge in [-0.3, -0.25) is 0 Å². The Labute approximate surface area is 67.7 Å². The fraction of sp³-hybridized carbons (Fsp3) is 0.875. The van der Waals surface area contributed by atoms with Gasteiger partial charge in [0.05, 0.1) is 13.7 Å². The summed E-state index contributed by atoms with van der Waals surface area (Å²) in [4.78, 5) is 10.5. The molecule has 0 aromatic carbocycles. The number of ether oxygens (including phenoxy) is 2. The first-order valence-electron chi connectivity index (χ1n) is 3.66. The van der Waals surface area contributed by atoms with E-state index in [0.717, 1.165) is 6.42 Å². The molecule has 0 saturated carbocycles. The fourth-order valence-corrected chi connectivity index (χ4v) is 0.499. The van der Waals surface area contributed by atoms with Gasteiger partial charge in [-0.15, -0.1) is 0 Å². The third-order valence-electron chi connectivity index (χ3n) is 1.24. The number of carbonyl (C=O) groups is 1. The van der Waals surface area contributed by atoms with Crippen molar-refractivity contribution in [1.82, 2.24) is 0 Å². The van der Waals surface area contributed by atoms with Crippen LogP contribution < -0.4 is 0 Å². The number of hydrogen-bond donors (Lipinski definition) is 0. The first-order chi connectivity index (χ1) is 4.95. The van der Waals surface area contributed by atoms with Gasteiger partial charge in [-0.2, -0.15) is 0 Å². The molecule has 3 heteroatoms. The van der Waals surface area contributed by atoms with Gasteiger partial charge in [-0.25, -0.2) is 4.79 Å². The molecule has 0 fully saturated rings. The first-order valence-corrected chi connectivity index (χ1v) is 3.66. The molecule has 0 bridgehead atoms. The number of rotatable bonds is 2. The molecule has 0 unspecified atom stereocenters. The van der Waals surface area contributed by atoms with Crippen LogP contribution in [0.25, 0.3) is 0 Å². The molecular weight excluding hydrogens is 144 g/mol. The second kappa shape index (κ2) is 4.21. The standard InChI is InChI=1S/C8H16O3/c1-8(2,3)5-6-11-7(9)10-4/h5-6H2,1-4H3. The molecule has 0 atom stereocenters. The molecule has 0 aliphatic rings. The van der Waals surface area contributed by atoms with E-state index in [9.17, 15) is 4.79 Å². The van der Waals surface area contributed by atoms with Gasteiger partial charge in [0.25, 0.3) is 0 Å². The van der Waals surface area contributed by atoms with Crippen molar-refractivity contribution in [3.8, 4) is 0 Å². The van der Waals surface area contributed by atoms with Crippen LogP contribution in [0.4, 0.5) is 4.79 Å². The van der Waals surface area contributed by atoms with E-state index in [1.165, 1.54) is 7.11 Å². The summed E-state index contributed by atoms with van der Waals surface area (Å²) in [5, 5.41) is 0. The van der Waals surface area contributed by atoms with Crippen LogP contribution in [0, 0.1) is 5.41 Å². The van der Waals surface area contributed by atoms with E-state index < -0.39 is 6.16 Å². The highest BCUT2D eigenvalue weighted by atomic mass is 16.7. The smallest absolute Gasteiger partial charge is 0.438 e. The second-order valence-corrected chi connectivity index (χ2v) is 3.61. The van der Waals surface area contributed by atoms with E-state index in [-0.39, 0.29) is 5.41 Å². The molecule has 0 N–H and O–H groups in total. The van der Waals surface area contributed by atoms with Crippen molar-refractivity contribution in [2.24, 2.45) is 5.41 Å². The zero-order chi connectivity index (χ0) is 8.91. The van der Waals surface area contributed by atoms with Gasteiger partial charge in [-0.1, -0.05) is 20.8 Å². The average Bonchev–Trinajstić information content (AvgIpc) is 1.85. The van der Waals surface area contributed by atoms with Crippen LogP contribution >= 0.6 is 0 Å². The maximum atomic E-state index is 10.5. The van der Waals surface area contributed by atoms with E-state index in [1.54, 1.807) is 0 Å². The molecule has 0 rings (SSSR count). The van der Waals surface area contributed by atoms with Crippen molar-refractivity contribution in [2.75, 3.05) is 13.7 Å². The van der Waals surface area contributed by atoms with E-state index in [2.05, 4.69) is 25.5 Å². The summed E-state index contributed by atoms with van der Waals surface area (Å²) < 4.78 is 9.01. The minimum absolute atomic E-state index is 0.202. The van der Waals surface area contributed by atoms with Crippen molar-refractivity contribution >= 4 is 6.16 Å². The van der Waals surface area contributed by atoms with Crippen LogP contribution in [0.15, 0.2) is 0 Å². The van der Waals surface area contributed by atoms with Crippen molar-refractivity contribution in [2.45, 2.75) is 27.2 Å². The molecule has 3 nitrogen and oxygen atoms in total. The summed E-state index contributed by atoms with van der Waals surface area (Å²) in [6, 6.07) is 0. The lowest BCUT2D eigenvalue weighted by molar-refractivity contribution is 0.0645. The number of methoxy groups -OCH3 is 1. The Morgan fingerprint density at radius 2 is 1.91 bits per heavy atom. The molecule has 0 amide bonds. The third-order valence-corrected chi connectivity index (χ3v) is 1.24. The Morgan fingerprint density at radius 1 is 1.36 bits per heavy atom. The number of carbonyl (C=O) groups excluding carboxylic acids is 1. The third kappa shape index (κ3) is 7.16. The van der Waals surface area contributed by atoms with E-state index >= 15 is 0 Å². The highest BCUT2D eigenvalue weighted by molar-refractivity contribution is 5.59. The zero-order valence-corrected chi connectivity index (χ0v) is 7.64. The second-order valence-electron chi connectivity index (χ2n) is 3.61. The fourth-order valence-electron chi connectivity index (χ4n) is 0.499. The van der Waals surface area contributed by atoms with Gasteiger partial charge >= 0.3 is 6.16 Å². The molecule has 66 valence electrons. The van der Waals surface area contributed by atoms with Crippen LogP contribution in [-0.2, 0) is 9.47 Å². The summed E-state index contributed by atoms with van der Waals surface area (Å²) in [5.74, 6) is 0. The average molecular weight is 160 g/mol. The van der Waals surface area contributed by atoms with Crippen molar-refractivity contribution < 1.29 is 14.3 Å². The topological polar surface area (TPSA) is 35.5 Å². The molecular formula is C8H16O3. The van der Waals surface area contributed by atoms with Crippen LogP contribution in [0.2, 0.25) is 0 Å². The minimum atomic E-state index is -0.603. The maximum absolute atomic E-state index is 10.5. The lowest BCUT2D eigenvalue weighted by atomic mass is 9.93. The predicted molar refractivity (Wildman–Crippen MR) is 42.4 cm³/mol. The summed E-state index contributed by atoms with van der Waals surface area (Å²) in [7, 11) is 1.30. The lowest BCUT2D eigenvalue weighted by Gasteiger charge is -2.16. The lowest BCUT2D eigenvalue weighted by Crippen LogP contribution is -2.12. The molecule has 0 radical (unpaired) electrons. The Bertz CT molecular complexity index is 124. The Balaban J connectivity index is 3.35. The van der Waals surface area contributed by atoms with Crippen LogP contribution in [-0.4, -0.2) is 19.9 Å². The first kappa shape index (κ1) is 10.3. The Kier molecular flexibility index (Phi) is 3.93. The van der Waals surface area contributed by atoms with Crippen LogP contribution in [0.3, 0.4) is 0 Å². The highest BCUT2D eigenvalue weighted by Gasteiger charge is 2.11. The van der Waals surface area contributed by atoms with E-state index in [4.69, 9.17) is 4.74 Å². The zero-order valence-electron chi connectivity index (χ0n) is 7.64. The summed E-state index contributed by atoms with van der Waals surface area (Å²) in [6.07, 6.45) is 0.247. The summed E-state index contributed by atoms with van der Waals surface area (Å²) in [5.41, 5.74) is 0.202. The van der Waals surface area contributed by atoms with Crippen LogP contribution in [0.1, 0.15) is 27.2 Å². The molecule has 0 heterocycles. The van der Waals surface area contributed by atoms with E-state index in [0.29, 0.717) is 6.61 Å². The SMILES string of the molecule is COC(=O)OCCC(C)(C)C. The summed E-state index contributed by atoms with van der Waals surface area (Å²) >= 11 is 0. The van der Waals surface area contributed by atoms with Gasteiger partial charge in [0.2, 0.25) is 0 Å². The molecule has 0 aliphatic heterocycles. The normalized spacial score (nSPS) is 10.9. The predicted octanol–water partition coefficient (Wildman–Crippen LogP) is 2.21. The van der Waals surface area contributed by atoms with Gasteiger partial charge in [0, 0.05) is 0 Å². The number of hydrogen-bond acceptors (Lipinski definition) is 3. The molecule has 0 aliphatic carbocycles. The largest absolute Gasteiger partial charge is 0.507 e. The van der Waals surface area contributed by atoms with Gasteiger partial charge in [0.1, 0.15) is 0 Å². The van der Waals surface area contributed by atoms with Crippen molar-refractivity contribution in [3.05, 3.63) is 0 Å². The van der Waals surface area contributed by atoms with Gasteiger partial charge in [-0.05, 0) is 11.8 Å². The molecule has 0 spiro atoms.